The number of benzene rings is 2. The Morgan fingerprint density at radius 1 is 1.05 bits per heavy atom. The van der Waals surface area contributed by atoms with Gasteiger partial charge >= 0.3 is 5.97 Å². The topological polar surface area (TPSA) is 143 Å². The average Bonchev–Trinajstić information content (AvgIpc) is 2.93. The van der Waals surface area contributed by atoms with Crippen LogP contribution in [0.4, 0.5) is 5.69 Å². The van der Waals surface area contributed by atoms with Crippen LogP contribution in [0.25, 0.3) is 10.8 Å². The molecule has 1 aliphatic rings. The molecule has 3 rings (SSSR count). The average molecular weight is 540 g/mol. The molecule has 0 unspecified atom stereocenters. The van der Waals surface area contributed by atoms with E-state index >= 15 is 0 Å². The van der Waals surface area contributed by atoms with Crippen LogP contribution in [0, 0.1) is 5.92 Å². The van der Waals surface area contributed by atoms with Gasteiger partial charge in [0.1, 0.15) is 12.6 Å². The van der Waals surface area contributed by atoms with Crippen molar-refractivity contribution in [3.05, 3.63) is 54.6 Å². The van der Waals surface area contributed by atoms with E-state index < -0.39 is 29.7 Å². The summed E-state index contributed by atoms with van der Waals surface area (Å²) in [5.74, 6) is -2.51. The van der Waals surface area contributed by atoms with E-state index in [1.54, 1.807) is 6.07 Å². The number of ether oxygens (including phenoxy) is 2. The van der Waals surface area contributed by atoms with E-state index in [1.807, 2.05) is 48.6 Å². The number of nitrogens with one attached hydrogen (secondary N) is 3. The van der Waals surface area contributed by atoms with Gasteiger partial charge in [-0.3, -0.25) is 19.2 Å². The molecule has 10 nitrogen and oxygen atoms in total. The Labute approximate surface area is 228 Å². The minimum Gasteiger partial charge on any atom is -0.463 e. The van der Waals surface area contributed by atoms with Gasteiger partial charge in [0.2, 0.25) is 11.8 Å². The molecule has 1 heterocycles. The molecule has 0 radical (unpaired) electrons. The standard InChI is InChI=1S/C29H37N3O7/c33-15-17-38-16-14-30-26(34)19-23-10-4-2-1-3-5-11-27(35)39-20-25(32-28(23)36)29(37)31-24-13-12-21-8-6-7-9-22(21)18-24/h2,4,6-9,12-13,18,23,25,33H,1,3,5,10-11,14-17,19-20H2,(H,30,34)(H,31,37)(H,32,36)/t23-,25+/m1/s1. The van der Waals surface area contributed by atoms with Crippen molar-refractivity contribution in [1.29, 1.82) is 0 Å². The molecule has 4 N–H and O–H groups in total. The van der Waals surface area contributed by atoms with Gasteiger partial charge in [-0.25, -0.2) is 0 Å². The summed E-state index contributed by atoms with van der Waals surface area (Å²) in [5, 5.41) is 18.9. The molecular weight excluding hydrogens is 502 g/mol. The smallest absolute Gasteiger partial charge is 0.305 e. The first-order valence-electron chi connectivity index (χ1n) is 13.3. The molecule has 0 spiro atoms. The molecule has 0 aromatic heterocycles. The summed E-state index contributed by atoms with van der Waals surface area (Å²) in [6.07, 6.45) is 6.42. The predicted octanol–water partition coefficient (Wildman–Crippen LogP) is 2.46. The summed E-state index contributed by atoms with van der Waals surface area (Å²) in [7, 11) is 0. The summed E-state index contributed by atoms with van der Waals surface area (Å²) in [6, 6.07) is 12.0. The molecule has 10 heteroatoms. The summed E-state index contributed by atoms with van der Waals surface area (Å²) in [5.41, 5.74) is 0.543. The number of cyclic esters (lactones) is 1. The Morgan fingerprint density at radius 3 is 2.69 bits per heavy atom. The maximum Gasteiger partial charge on any atom is 0.305 e. The molecule has 3 amide bonds. The lowest BCUT2D eigenvalue weighted by Crippen LogP contribution is -2.49. The molecule has 2 atom stereocenters. The highest BCUT2D eigenvalue weighted by Gasteiger charge is 2.28. The lowest BCUT2D eigenvalue weighted by Gasteiger charge is -2.22. The fraction of sp³-hybridized carbons (Fsp3) is 0.448. The van der Waals surface area contributed by atoms with Gasteiger partial charge in [0, 0.05) is 25.1 Å². The summed E-state index contributed by atoms with van der Waals surface area (Å²) >= 11 is 0. The number of aliphatic hydroxyl groups is 1. The molecule has 0 saturated carbocycles. The second-order valence-corrected chi connectivity index (χ2v) is 9.34. The van der Waals surface area contributed by atoms with Crippen molar-refractivity contribution in [2.75, 3.05) is 38.3 Å². The first-order chi connectivity index (χ1) is 19.0. The van der Waals surface area contributed by atoms with Crippen LogP contribution in [-0.2, 0) is 28.7 Å². The Balaban J connectivity index is 1.70. The number of allylic oxidation sites excluding steroid dienone is 2. The van der Waals surface area contributed by atoms with E-state index in [-0.39, 0.29) is 51.7 Å². The van der Waals surface area contributed by atoms with Crippen molar-refractivity contribution in [3.8, 4) is 0 Å². The maximum atomic E-state index is 13.3. The van der Waals surface area contributed by atoms with Crippen LogP contribution >= 0.6 is 0 Å². The van der Waals surface area contributed by atoms with Gasteiger partial charge in [-0.1, -0.05) is 42.5 Å². The molecule has 0 fully saturated rings. The molecular formula is C29H37N3O7. The number of carbonyl (C=O) groups is 4. The number of amides is 3. The molecule has 0 aliphatic carbocycles. The predicted molar refractivity (Wildman–Crippen MR) is 147 cm³/mol. The van der Waals surface area contributed by atoms with Crippen molar-refractivity contribution in [3.63, 3.8) is 0 Å². The van der Waals surface area contributed by atoms with Crippen LogP contribution in [0.1, 0.15) is 38.5 Å². The number of carbonyl (C=O) groups excluding carboxylic acids is 4. The second kappa shape index (κ2) is 16.3. The number of aliphatic hydroxyl groups excluding tert-OH is 1. The second-order valence-electron chi connectivity index (χ2n) is 9.34. The molecule has 0 saturated heterocycles. The van der Waals surface area contributed by atoms with Crippen molar-refractivity contribution in [2.45, 2.75) is 44.6 Å². The zero-order chi connectivity index (χ0) is 27.9. The number of fused-ring (bicyclic) bond motifs is 1. The quantitative estimate of drug-likeness (QED) is 0.218. The molecule has 1 aliphatic heterocycles. The number of hydrogen-bond acceptors (Lipinski definition) is 7. The molecule has 2 aromatic carbocycles. The van der Waals surface area contributed by atoms with Crippen LogP contribution in [0.3, 0.4) is 0 Å². The fourth-order valence-electron chi connectivity index (χ4n) is 4.14. The van der Waals surface area contributed by atoms with Crippen LogP contribution in [-0.4, -0.2) is 67.8 Å². The first kappa shape index (κ1) is 29.8. The normalized spacial score (nSPS) is 19.0. The Bertz CT molecular complexity index is 1150. The van der Waals surface area contributed by atoms with Crippen LogP contribution < -0.4 is 16.0 Å². The molecule has 2 aromatic rings. The maximum absolute atomic E-state index is 13.3. The largest absolute Gasteiger partial charge is 0.463 e. The van der Waals surface area contributed by atoms with Gasteiger partial charge < -0.3 is 30.5 Å². The van der Waals surface area contributed by atoms with Crippen LogP contribution in [0.5, 0.6) is 0 Å². The van der Waals surface area contributed by atoms with E-state index in [9.17, 15) is 19.2 Å². The summed E-state index contributed by atoms with van der Waals surface area (Å²) in [6.45, 7) is 0.245. The highest BCUT2D eigenvalue weighted by atomic mass is 16.5. The van der Waals surface area contributed by atoms with E-state index in [0.717, 1.165) is 23.6 Å². The van der Waals surface area contributed by atoms with Crippen molar-refractivity contribution < 1.29 is 33.8 Å². The number of anilines is 1. The number of rotatable bonds is 9. The zero-order valence-corrected chi connectivity index (χ0v) is 22.0. The highest BCUT2D eigenvalue weighted by molar-refractivity contribution is 5.99. The van der Waals surface area contributed by atoms with Gasteiger partial charge in [-0.2, -0.15) is 0 Å². The Kier molecular flexibility index (Phi) is 12.4. The number of hydrogen-bond donors (Lipinski definition) is 4. The van der Waals surface area contributed by atoms with Gasteiger partial charge in [-0.15, -0.1) is 0 Å². The minimum absolute atomic E-state index is 0.0883. The highest BCUT2D eigenvalue weighted by Crippen LogP contribution is 2.19. The molecule has 0 bridgehead atoms. The third-order valence-electron chi connectivity index (χ3n) is 6.26. The fourth-order valence-corrected chi connectivity index (χ4v) is 4.14. The van der Waals surface area contributed by atoms with Crippen LogP contribution in [0.2, 0.25) is 0 Å². The third kappa shape index (κ3) is 10.5. The lowest BCUT2D eigenvalue weighted by atomic mass is 9.98. The van der Waals surface area contributed by atoms with Crippen molar-refractivity contribution in [1.82, 2.24) is 10.6 Å². The van der Waals surface area contributed by atoms with Gasteiger partial charge in [-0.05, 0) is 48.6 Å². The Morgan fingerprint density at radius 2 is 1.87 bits per heavy atom. The van der Waals surface area contributed by atoms with Gasteiger partial charge in [0.25, 0.3) is 5.91 Å². The minimum atomic E-state index is -1.14. The van der Waals surface area contributed by atoms with E-state index in [4.69, 9.17) is 14.6 Å². The first-order valence-corrected chi connectivity index (χ1v) is 13.3. The zero-order valence-electron chi connectivity index (χ0n) is 22.0. The van der Waals surface area contributed by atoms with Crippen LogP contribution in [0.15, 0.2) is 54.6 Å². The summed E-state index contributed by atoms with van der Waals surface area (Å²) < 4.78 is 10.5. The third-order valence-corrected chi connectivity index (χ3v) is 6.26. The number of esters is 1. The SMILES string of the molecule is O=C(C[C@H]1CC=CCCCCC(=O)OC[C@@H](C(=O)Nc2ccc3ccccc3c2)NC1=O)NCCOCCO. The van der Waals surface area contributed by atoms with E-state index in [2.05, 4.69) is 16.0 Å². The lowest BCUT2D eigenvalue weighted by molar-refractivity contribution is -0.146. The molecule has 39 heavy (non-hydrogen) atoms. The monoisotopic (exact) mass is 539 g/mol. The van der Waals surface area contributed by atoms with Gasteiger partial charge in [0.05, 0.1) is 25.7 Å². The molecule has 210 valence electrons. The van der Waals surface area contributed by atoms with Gasteiger partial charge in [0.15, 0.2) is 0 Å². The van der Waals surface area contributed by atoms with E-state index in [1.165, 1.54) is 0 Å². The Hall–Kier alpha value is -3.76. The summed E-state index contributed by atoms with van der Waals surface area (Å²) in [4.78, 5) is 51.2. The van der Waals surface area contributed by atoms with E-state index in [0.29, 0.717) is 18.5 Å². The van der Waals surface area contributed by atoms with Crippen molar-refractivity contribution >= 4 is 40.2 Å². The van der Waals surface area contributed by atoms with Crippen molar-refractivity contribution in [2.24, 2.45) is 5.92 Å².